The Kier molecular flexibility index (Phi) is 9.74. The highest BCUT2D eigenvalue weighted by molar-refractivity contribution is 7.85. The number of benzene rings is 3. The summed E-state index contributed by atoms with van der Waals surface area (Å²) in [5.41, 5.74) is 8.45. The van der Waals surface area contributed by atoms with E-state index in [9.17, 15) is 17.8 Å². The molecular formula is C42H47N2O6S+. The number of allylic oxidation sites excluding steroid dienone is 6. The van der Waals surface area contributed by atoms with Crippen molar-refractivity contribution in [2.24, 2.45) is 0 Å². The van der Waals surface area contributed by atoms with E-state index in [-0.39, 0.29) is 16.9 Å². The first kappa shape index (κ1) is 36.1. The van der Waals surface area contributed by atoms with Gasteiger partial charge in [-0.1, -0.05) is 48.6 Å². The normalized spacial score (nSPS) is 18.3. The molecule has 3 aromatic carbocycles. The van der Waals surface area contributed by atoms with Gasteiger partial charge in [-0.2, -0.15) is 13.0 Å². The maximum Gasteiger partial charge on any atom is 0.303 e. The summed E-state index contributed by atoms with van der Waals surface area (Å²) in [6.07, 6.45) is 12.8. The molecule has 0 amide bonds. The quantitative estimate of drug-likeness (QED) is 0.116. The van der Waals surface area contributed by atoms with Crippen LogP contribution in [0.25, 0.3) is 16.9 Å². The van der Waals surface area contributed by atoms with Crippen LogP contribution in [-0.4, -0.2) is 53.0 Å². The van der Waals surface area contributed by atoms with Crippen molar-refractivity contribution in [1.82, 2.24) is 0 Å². The second-order valence-electron chi connectivity index (χ2n) is 14.6. The second-order valence-corrected chi connectivity index (χ2v) is 16.0. The number of carbonyl (C=O) groups is 1. The summed E-state index contributed by atoms with van der Waals surface area (Å²) in [4.78, 5) is 13.3. The summed E-state index contributed by atoms with van der Waals surface area (Å²) in [6.45, 7) is 14.4. The van der Waals surface area contributed by atoms with Gasteiger partial charge in [-0.05, 0) is 89.8 Å². The highest BCUT2D eigenvalue weighted by atomic mass is 32.2. The third-order valence-corrected chi connectivity index (χ3v) is 11.1. The fourth-order valence-electron chi connectivity index (χ4n) is 7.76. The van der Waals surface area contributed by atoms with E-state index in [0.717, 1.165) is 70.2 Å². The van der Waals surface area contributed by atoms with Crippen LogP contribution in [0.15, 0.2) is 95.9 Å². The zero-order valence-electron chi connectivity index (χ0n) is 30.2. The predicted molar refractivity (Wildman–Crippen MR) is 205 cm³/mol. The van der Waals surface area contributed by atoms with Gasteiger partial charge in [-0.25, -0.2) is 0 Å². The molecule has 9 heteroatoms. The second kappa shape index (κ2) is 13.8. The molecule has 3 aromatic rings. The number of anilines is 1. The number of aliphatic carboxylic acids is 1. The Hall–Kier alpha value is -4.73. The topological polar surface area (TPSA) is 107 Å². The lowest BCUT2D eigenvalue weighted by molar-refractivity contribution is -0.438. The molecule has 3 aliphatic rings. The third kappa shape index (κ3) is 7.10. The first-order chi connectivity index (χ1) is 24.1. The smallest absolute Gasteiger partial charge is 0.303 e. The van der Waals surface area contributed by atoms with Crippen LogP contribution in [0.4, 0.5) is 11.4 Å². The van der Waals surface area contributed by atoms with E-state index in [1.807, 2.05) is 36.4 Å². The highest BCUT2D eigenvalue weighted by Crippen LogP contribution is 2.47. The van der Waals surface area contributed by atoms with E-state index >= 15 is 0 Å². The number of rotatable bonds is 11. The van der Waals surface area contributed by atoms with Crippen molar-refractivity contribution in [2.45, 2.75) is 83.1 Å². The number of nitrogens with zero attached hydrogens (tertiary/aromatic N) is 2. The fourth-order valence-corrected chi connectivity index (χ4v) is 8.27. The van der Waals surface area contributed by atoms with Crippen LogP contribution in [0, 0.1) is 0 Å². The van der Waals surface area contributed by atoms with Gasteiger partial charge in [-0.3, -0.25) is 9.35 Å². The van der Waals surface area contributed by atoms with E-state index in [1.54, 1.807) is 12.1 Å². The van der Waals surface area contributed by atoms with Crippen molar-refractivity contribution >= 4 is 50.1 Å². The zero-order chi connectivity index (χ0) is 36.7. The average Bonchev–Trinajstić information content (AvgIpc) is 3.28. The number of likely N-dealkylation sites (N-methyl/N-ethyl adjacent to an activating group) is 1. The molecule has 0 spiro atoms. The molecule has 0 atom stereocenters. The van der Waals surface area contributed by atoms with Crippen molar-refractivity contribution in [3.8, 4) is 5.75 Å². The number of unbranched alkanes of at least 4 members (excludes halogenated alkanes) is 2. The van der Waals surface area contributed by atoms with Crippen LogP contribution in [0.1, 0.15) is 89.5 Å². The van der Waals surface area contributed by atoms with Gasteiger partial charge in [0.15, 0.2) is 5.71 Å². The van der Waals surface area contributed by atoms with Crippen LogP contribution in [0.2, 0.25) is 0 Å². The molecule has 3 heterocycles. The number of ether oxygens (including phenoxy) is 1. The monoisotopic (exact) mass is 707 g/mol. The molecule has 0 saturated heterocycles. The van der Waals surface area contributed by atoms with Crippen molar-refractivity contribution in [3.63, 3.8) is 0 Å². The van der Waals surface area contributed by atoms with Crippen molar-refractivity contribution < 1.29 is 32.2 Å². The van der Waals surface area contributed by atoms with E-state index in [2.05, 4.69) is 87.5 Å². The number of fused-ring (bicyclic) bond motifs is 3. The summed E-state index contributed by atoms with van der Waals surface area (Å²) in [5, 5.41) is 9.10. The lowest BCUT2D eigenvalue weighted by atomic mass is 9.81. The Bertz CT molecular complexity index is 2150. The summed E-state index contributed by atoms with van der Waals surface area (Å²) in [7, 11) is -4.39. The van der Waals surface area contributed by atoms with Crippen LogP contribution < -0.4 is 9.64 Å². The number of carboxylic acid groups (broad SMARTS) is 1. The van der Waals surface area contributed by atoms with Gasteiger partial charge >= 0.3 is 5.97 Å². The first-order valence-electron chi connectivity index (χ1n) is 17.6. The van der Waals surface area contributed by atoms with Crippen molar-refractivity contribution in [2.75, 3.05) is 18.0 Å². The van der Waals surface area contributed by atoms with Crippen molar-refractivity contribution in [3.05, 3.63) is 113 Å². The number of hydrogen-bond acceptors (Lipinski definition) is 5. The average molecular weight is 708 g/mol. The van der Waals surface area contributed by atoms with E-state index in [0.29, 0.717) is 13.0 Å². The van der Waals surface area contributed by atoms with Gasteiger partial charge in [0.05, 0.1) is 15.8 Å². The Balaban J connectivity index is 1.44. The largest absolute Gasteiger partial charge is 0.481 e. The molecule has 0 radical (unpaired) electrons. The summed E-state index contributed by atoms with van der Waals surface area (Å²) in [6, 6.07) is 19.2. The lowest BCUT2D eigenvalue weighted by Crippen LogP contribution is -2.44. The molecule has 0 aromatic heterocycles. The van der Waals surface area contributed by atoms with Gasteiger partial charge in [-0.15, -0.1) is 0 Å². The maximum atomic E-state index is 12.1. The van der Waals surface area contributed by atoms with Crippen LogP contribution >= 0.6 is 0 Å². The minimum absolute atomic E-state index is 0.125. The highest BCUT2D eigenvalue weighted by Gasteiger charge is 2.44. The van der Waals surface area contributed by atoms with Gasteiger partial charge in [0.1, 0.15) is 18.1 Å². The van der Waals surface area contributed by atoms with Gasteiger partial charge in [0.25, 0.3) is 10.1 Å². The molecule has 8 nitrogen and oxygen atoms in total. The van der Waals surface area contributed by atoms with E-state index in [1.165, 1.54) is 17.2 Å². The van der Waals surface area contributed by atoms with Gasteiger partial charge in [0, 0.05) is 65.5 Å². The first-order valence-corrected chi connectivity index (χ1v) is 19.0. The molecule has 6 rings (SSSR count). The van der Waals surface area contributed by atoms with Gasteiger partial charge < -0.3 is 14.7 Å². The Morgan fingerprint density at radius 2 is 1.73 bits per heavy atom. The molecule has 0 bridgehead atoms. The zero-order valence-corrected chi connectivity index (χ0v) is 31.0. The van der Waals surface area contributed by atoms with Crippen LogP contribution in [-0.2, 0) is 20.3 Å². The van der Waals surface area contributed by atoms with E-state index < -0.39 is 21.5 Å². The number of hydrogen-bond donors (Lipinski definition) is 2. The summed E-state index contributed by atoms with van der Waals surface area (Å²) < 4.78 is 42.9. The Morgan fingerprint density at radius 1 is 0.980 bits per heavy atom. The molecule has 0 fully saturated rings. The minimum Gasteiger partial charge on any atom is -0.481 e. The molecule has 0 saturated carbocycles. The van der Waals surface area contributed by atoms with Crippen molar-refractivity contribution in [1.29, 1.82) is 0 Å². The fraction of sp³-hybridized carbons (Fsp3) is 0.333. The SMILES string of the molecule is CCN1c2cc3c(cc2C(C)=CC1(C)C)C(=CC=CC1=[N+](CCCCCC(=O)O)c2ccc(S(=O)(=O)O)cc2C1(C)C)C=C(c1ccccc1)O3. The standard InChI is InChI=1S/C42H46N2O6S/c1-7-44-36-26-38-33(25-32(36)28(2)27-41(44,3)4)30(23-37(50-38)29-15-10-8-11-16-29)17-14-18-39-42(5,6)34-24-31(51(47,48)49)20-21-35(34)43(39)22-13-9-12-19-40(45)46/h8,10-11,14-18,20-21,23-27H,7,9,12-13,19,22H2,1-6H3,(H-,45,46,47,48,49)/p+1. The lowest BCUT2D eigenvalue weighted by Gasteiger charge is -2.43. The molecular weight excluding hydrogens is 661 g/mol. The van der Waals surface area contributed by atoms with Gasteiger partial charge in [0.2, 0.25) is 5.69 Å². The molecule has 0 aliphatic carbocycles. The molecule has 2 N–H and O–H groups in total. The van der Waals surface area contributed by atoms with E-state index in [4.69, 9.17) is 9.84 Å². The van der Waals surface area contributed by atoms with Crippen LogP contribution in [0.5, 0.6) is 5.75 Å². The number of carboxylic acids is 1. The summed E-state index contributed by atoms with van der Waals surface area (Å²) in [5.74, 6) is 0.747. The Labute approximate surface area is 301 Å². The molecule has 0 unspecified atom stereocenters. The third-order valence-electron chi connectivity index (χ3n) is 10.2. The molecule has 266 valence electrons. The Morgan fingerprint density at radius 3 is 2.41 bits per heavy atom. The molecule has 51 heavy (non-hydrogen) atoms. The summed E-state index contributed by atoms with van der Waals surface area (Å²) >= 11 is 0. The maximum absolute atomic E-state index is 12.1. The minimum atomic E-state index is -4.39. The molecule has 3 aliphatic heterocycles. The predicted octanol–water partition coefficient (Wildman–Crippen LogP) is 9.05. The van der Waals surface area contributed by atoms with Crippen LogP contribution in [0.3, 0.4) is 0 Å².